The van der Waals surface area contributed by atoms with Crippen molar-refractivity contribution in [1.82, 2.24) is 15.5 Å². The van der Waals surface area contributed by atoms with Gasteiger partial charge in [0.15, 0.2) is 5.82 Å². The summed E-state index contributed by atoms with van der Waals surface area (Å²) in [7, 11) is 0. The summed E-state index contributed by atoms with van der Waals surface area (Å²) in [5.74, 6) is 1.21. The van der Waals surface area contributed by atoms with Crippen molar-refractivity contribution in [3.05, 3.63) is 41.5 Å². The number of hydrogen-bond donors (Lipinski definition) is 2. The monoisotopic (exact) mass is 274 g/mol. The first-order valence-corrected chi connectivity index (χ1v) is 6.50. The zero-order valence-corrected chi connectivity index (χ0v) is 11.6. The van der Waals surface area contributed by atoms with Crippen molar-refractivity contribution in [3.63, 3.8) is 0 Å². The maximum Gasteiger partial charge on any atom is 0.223 e. The molecule has 0 aliphatic rings. The third-order valence-corrected chi connectivity index (χ3v) is 2.74. The molecule has 2 rings (SSSR count). The quantitative estimate of drug-likeness (QED) is 0.783. The molecule has 6 heteroatoms. The van der Waals surface area contributed by atoms with Gasteiger partial charge in [0.25, 0.3) is 0 Å². The first kappa shape index (κ1) is 14.2. The Kier molecular flexibility index (Phi) is 4.84. The molecule has 0 saturated heterocycles. The van der Waals surface area contributed by atoms with Gasteiger partial charge in [0, 0.05) is 39.0 Å². The molecular weight excluding hydrogens is 256 g/mol. The van der Waals surface area contributed by atoms with Crippen molar-refractivity contribution < 1.29 is 9.32 Å². The Morgan fingerprint density at radius 1 is 1.35 bits per heavy atom. The van der Waals surface area contributed by atoms with E-state index in [1.54, 1.807) is 6.92 Å². The number of para-hydroxylation sites is 1. The van der Waals surface area contributed by atoms with Crippen LogP contribution in [0.5, 0.6) is 0 Å². The molecule has 0 saturated carbocycles. The van der Waals surface area contributed by atoms with Crippen molar-refractivity contribution in [2.75, 3.05) is 11.9 Å². The molecule has 1 aromatic heterocycles. The number of nitrogens with zero attached hydrogens (tertiary/aromatic N) is 2. The van der Waals surface area contributed by atoms with Crippen LogP contribution in [0.2, 0.25) is 0 Å². The van der Waals surface area contributed by atoms with Gasteiger partial charge in [0.2, 0.25) is 11.8 Å². The lowest BCUT2D eigenvalue weighted by atomic mass is 10.1. The second-order valence-corrected chi connectivity index (χ2v) is 4.49. The maximum absolute atomic E-state index is 11.1. The number of hydrogen-bond acceptors (Lipinski definition) is 5. The Morgan fingerprint density at radius 3 is 2.85 bits per heavy atom. The van der Waals surface area contributed by atoms with Crippen LogP contribution in [0.3, 0.4) is 0 Å². The molecule has 0 aliphatic carbocycles. The third-order valence-electron chi connectivity index (χ3n) is 2.74. The highest BCUT2D eigenvalue weighted by atomic mass is 16.5. The van der Waals surface area contributed by atoms with Gasteiger partial charge < -0.3 is 15.2 Å². The number of aryl methyl sites for hydroxylation is 1. The summed E-state index contributed by atoms with van der Waals surface area (Å²) in [5, 5.41) is 9.95. The van der Waals surface area contributed by atoms with Crippen molar-refractivity contribution in [1.29, 1.82) is 0 Å². The number of aromatic nitrogens is 2. The SMILES string of the molecule is CC(=O)Nc1ccccc1CNCCc1noc(C)n1. The standard InChI is InChI=1S/C14H18N4O2/c1-10(19)16-13-6-4-3-5-12(13)9-15-8-7-14-17-11(2)20-18-14/h3-6,15H,7-9H2,1-2H3,(H,16,19). The molecule has 0 unspecified atom stereocenters. The smallest absolute Gasteiger partial charge is 0.223 e. The zero-order chi connectivity index (χ0) is 14.4. The van der Waals surface area contributed by atoms with E-state index in [1.165, 1.54) is 6.92 Å². The lowest BCUT2D eigenvalue weighted by Gasteiger charge is -2.10. The van der Waals surface area contributed by atoms with Crippen molar-refractivity contribution in [3.8, 4) is 0 Å². The van der Waals surface area contributed by atoms with Crippen LogP contribution in [-0.4, -0.2) is 22.6 Å². The molecule has 1 aromatic carbocycles. The average Bonchev–Trinajstić information content (AvgIpc) is 2.81. The lowest BCUT2D eigenvalue weighted by Crippen LogP contribution is -2.18. The summed E-state index contributed by atoms with van der Waals surface area (Å²) in [6.07, 6.45) is 0.708. The number of amides is 1. The fraction of sp³-hybridized carbons (Fsp3) is 0.357. The van der Waals surface area contributed by atoms with E-state index >= 15 is 0 Å². The summed E-state index contributed by atoms with van der Waals surface area (Å²) in [4.78, 5) is 15.3. The van der Waals surface area contributed by atoms with Crippen LogP contribution in [0, 0.1) is 6.92 Å². The number of rotatable bonds is 6. The van der Waals surface area contributed by atoms with Gasteiger partial charge in [-0.1, -0.05) is 23.4 Å². The molecule has 2 aromatic rings. The van der Waals surface area contributed by atoms with Crippen LogP contribution in [0.1, 0.15) is 24.2 Å². The van der Waals surface area contributed by atoms with Crippen LogP contribution < -0.4 is 10.6 Å². The minimum absolute atomic E-state index is 0.0697. The highest BCUT2D eigenvalue weighted by molar-refractivity contribution is 5.89. The molecule has 0 spiro atoms. The maximum atomic E-state index is 11.1. The molecule has 0 radical (unpaired) electrons. The van der Waals surface area contributed by atoms with Crippen LogP contribution >= 0.6 is 0 Å². The fourth-order valence-corrected chi connectivity index (χ4v) is 1.85. The molecule has 1 amide bonds. The van der Waals surface area contributed by atoms with E-state index in [2.05, 4.69) is 20.8 Å². The van der Waals surface area contributed by atoms with Gasteiger partial charge in [0.1, 0.15) is 0 Å². The van der Waals surface area contributed by atoms with Crippen molar-refractivity contribution in [2.45, 2.75) is 26.8 Å². The first-order valence-electron chi connectivity index (χ1n) is 6.50. The predicted octanol–water partition coefficient (Wildman–Crippen LogP) is 1.67. The van der Waals surface area contributed by atoms with Gasteiger partial charge >= 0.3 is 0 Å². The van der Waals surface area contributed by atoms with Crippen LogP contribution in [0.4, 0.5) is 5.69 Å². The van der Waals surface area contributed by atoms with Crippen LogP contribution in [-0.2, 0) is 17.8 Å². The van der Waals surface area contributed by atoms with Crippen LogP contribution in [0.25, 0.3) is 0 Å². The third kappa shape index (κ3) is 4.17. The van der Waals surface area contributed by atoms with Gasteiger partial charge in [0.05, 0.1) is 0 Å². The molecule has 106 valence electrons. The van der Waals surface area contributed by atoms with Crippen LogP contribution in [0.15, 0.2) is 28.8 Å². The average molecular weight is 274 g/mol. The van der Waals surface area contributed by atoms with Gasteiger partial charge in [-0.2, -0.15) is 4.98 Å². The van der Waals surface area contributed by atoms with E-state index in [1.807, 2.05) is 24.3 Å². The summed E-state index contributed by atoms with van der Waals surface area (Å²) in [6.45, 7) is 4.69. The topological polar surface area (TPSA) is 80.0 Å². The van der Waals surface area contributed by atoms with E-state index in [0.29, 0.717) is 24.7 Å². The molecule has 0 fully saturated rings. The van der Waals surface area contributed by atoms with E-state index in [0.717, 1.165) is 17.8 Å². The van der Waals surface area contributed by atoms with E-state index < -0.39 is 0 Å². The van der Waals surface area contributed by atoms with E-state index in [4.69, 9.17) is 4.52 Å². The van der Waals surface area contributed by atoms with Gasteiger partial charge in [-0.3, -0.25) is 4.79 Å². The van der Waals surface area contributed by atoms with E-state index in [9.17, 15) is 4.79 Å². The molecule has 6 nitrogen and oxygen atoms in total. The molecule has 2 N–H and O–H groups in total. The highest BCUT2D eigenvalue weighted by Gasteiger charge is 2.04. The lowest BCUT2D eigenvalue weighted by molar-refractivity contribution is -0.114. The number of benzene rings is 1. The van der Waals surface area contributed by atoms with Gasteiger partial charge in [-0.15, -0.1) is 0 Å². The molecule has 0 bridgehead atoms. The summed E-state index contributed by atoms with van der Waals surface area (Å²) >= 11 is 0. The molecule has 1 heterocycles. The predicted molar refractivity (Wildman–Crippen MR) is 75.2 cm³/mol. The normalized spacial score (nSPS) is 10.5. The second-order valence-electron chi connectivity index (χ2n) is 4.49. The Balaban J connectivity index is 1.83. The number of anilines is 1. The highest BCUT2D eigenvalue weighted by Crippen LogP contribution is 2.14. The minimum Gasteiger partial charge on any atom is -0.340 e. The molecular formula is C14H18N4O2. The van der Waals surface area contributed by atoms with E-state index in [-0.39, 0.29) is 5.91 Å². The number of carbonyl (C=O) groups is 1. The number of carbonyl (C=O) groups excluding carboxylic acids is 1. The van der Waals surface area contributed by atoms with Crippen molar-refractivity contribution >= 4 is 11.6 Å². The summed E-state index contributed by atoms with van der Waals surface area (Å²) in [6, 6.07) is 7.72. The van der Waals surface area contributed by atoms with Crippen molar-refractivity contribution in [2.24, 2.45) is 0 Å². The summed E-state index contributed by atoms with van der Waals surface area (Å²) < 4.78 is 4.91. The Bertz CT molecular complexity index is 580. The number of nitrogens with one attached hydrogen (secondary N) is 2. The minimum atomic E-state index is -0.0697. The first-order chi connectivity index (χ1) is 9.65. The molecule has 0 atom stereocenters. The zero-order valence-electron chi connectivity index (χ0n) is 11.6. The molecule has 0 aliphatic heterocycles. The van der Waals surface area contributed by atoms with Gasteiger partial charge in [-0.05, 0) is 11.6 Å². The largest absolute Gasteiger partial charge is 0.340 e. The fourth-order valence-electron chi connectivity index (χ4n) is 1.85. The second kappa shape index (κ2) is 6.81. The summed E-state index contributed by atoms with van der Waals surface area (Å²) in [5.41, 5.74) is 1.88. The Morgan fingerprint density at radius 2 is 2.15 bits per heavy atom. The van der Waals surface area contributed by atoms with Gasteiger partial charge in [-0.25, -0.2) is 0 Å². The Labute approximate surface area is 117 Å². The molecule has 20 heavy (non-hydrogen) atoms. The Hall–Kier alpha value is -2.21.